The van der Waals surface area contributed by atoms with E-state index in [1.54, 1.807) is 0 Å². The first-order valence-electron chi connectivity index (χ1n) is 15.9. The van der Waals surface area contributed by atoms with E-state index < -0.39 is 13.3 Å². The van der Waals surface area contributed by atoms with Crippen LogP contribution < -0.4 is 22.5 Å². The first-order valence-corrected chi connectivity index (χ1v) is 20.1. The van der Waals surface area contributed by atoms with Crippen LogP contribution in [0, 0.1) is 0 Å². The van der Waals surface area contributed by atoms with Gasteiger partial charge in [0.25, 0.3) is 0 Å². The third-order valence-electron chi connectivity index (χ3n) is 9.19. The third-order valence-corrected chi connectivity index (χ3v) is 19.3. The average molecular weight is 648 g/mol. The Morgan fingerprint density at radius 2 is 0.630 bits per heavy atom. The molecule has 0 atom stereocenters. The fourth-order valence-electron chi connectivity index (χ4n) is 7.14. The van der Waals surface area contributed by atoms with Crippen molar-refractivity contribution in [3.05, 3.63) is 200 Å². The Morgan fingerprint density at radius 3 is 1.07 bits per heavy atom. The van der Waals surface area contributed by atoms with E-state index in [4.69, 9.17) is 0 Å². The van der Waals surface area contributed by atoms with Crippen molar-refractivity contribution in [1.29, 1.82) is 0 Å². The molecular weight excluding hydrogens is 615 g/mol. The molecule has 0 aliphatic carbocycles. The standard InChI is InChI=1S/C44H33GeN/c1-4-20-36(21-5-1)45(37-22-6-2-7-23-37,38-24-8-3-9-25-38)39-30-32-40(33-31-39)46(43-28-14-18-34-16-10-12-26-41(34)43)44-29-15-19-35-17-11-13-27-42(35)44/h1-33H. The van der Waals surface area contributed by atoms with Crippen LogP contribution in [0.2, 0.25) is 0 Å². The molecular formula is C44H33GeN. The Hall–Kier alpha value is -5.38. The summed E-state index contributed by atoms with van der Waals surface area (Å²) < 4.78 is 5.68. The molecule has 0 aliphatic rings. The second kappa shape index (κ2) is 12.2. The molecule has 0 saturated heterocycles. The molecule has 0 unspecified atom stereocenters. The molecule has 0 heterocycles. The molecule has 2 heteroatoms. The summed E-state index contributed by atoms with van der Waals surface area (Å²) in [6.45, 7) is 0. The van der Waals surface area contributed by atoms with Gasteiger partial charge >= 0.3 is 275 Å². The number of benzene rings is 8. The first kappa shape index (κ1) is 28.1. The molecule has 0 aromatic heterocycles. The van der Waals surface area contributed by atoms with Crippen molar-refractivity contribution >= 4 is 69.5 Å². The molecule has 0 saturated carbocycles. The van der Waals surface area contributed by atoms with Crippen LogP contribution in [0.5, 0.6) is 0 Å². The van der Waals surface area contributed by atoms with Crippen LogP contribution in [0.4, 0.5) is 17.1 Å². The maximum atomic E-state index is 2.44. The van der Waals surface area contributed by atoms with Gasteiger partial charge in [0, 0.05) is 0 Å². The molecule has 8 aromatic carbocycles. The summed E-state index contributed by atoms with van der Waals surface area (Å²) >= 11 is -3.37. The van der Waals surface area contributed by atoms with Crippen LogP contribution in [0.3, 0.4) is 0 Å². The number of fused-ring (bicyclic) bond motifs is 2. The quantitative estimate of drug-likeness (QED) is 0.156. The van der Waals surface area contributed by atoms with E-state index >= 15 is 0 Å². The zero-order valence-corrected chi connectivity index (χ0v) is 27.6. The second-order valence-electron chi connectivity index (χ2n) is 11.7. The number of nitrogens with zero attached hydrogens (tertiary/aromatic N) is 1. The van der Waals surface area contributed by atoms with Crippen molar-refractivity contribution in [3.63, 3.8) is 0 Å². The first-order chi connectivity index (χ1) is 22.8. The summed E-state index contributed by atoms with van der Waals surface area (Å²) in [4.78, 5) is 2.44. The van der Waals surface area contributed by atoms with Gasteiger partial charge in [0.1, 0.15) is 0 Å². The minimum atomic E-state index is -3.37. The molecule has 218 valence electrons. The molecule has 0 N–H and O–H groups in total. The van der Waals surface area contributed by atoms with E-state index in [1.807, 2.05) is 0 Å². The zero-order chi connectivity index (χ0) is 30.8. The molecule has 0 bridgehead atoms. The normalized spacial score (nSPS) is 11.5. The SMILES string of the molecule is c1cc[c]([Ge]([c]2ccccc2)([c]2ccccc2)[c]2ccc(N(c3cccc4ccccc34)c3cccc4ccccc34)cc2)cc1. The Balaban J connectivity index is 1.38. The average Bonchev–Trinajstić information content (AvgIpc) is 3.14. The Kier molecular flexibility index (Phi) is 7.45. The maximum absolute atomic E-state index is 3.37. The van der Waals surface area contributed by atoms with Gasteiger partial charge in [-0.1, -0.05) is 0 Å². The van der Waals surface area contributed by atoms with Crippen LogP contribution in [-0.2, 0) is 0 Å². The van der Waals surface area contributed by atoms with Gasteiger partial charge in [0.05, 0.1) is 0 Å². The van der Waals surface area contributed by atoms with Crippen LogP contribution in [0.15, 0.2) is 200 Å². The number of rotatable bonds is 7. The van der Waals surface area contributed by atoms with Crippen LogP contribution in [0.1, 0.15) is 0 Å². The van der Waals surface area contributed by atoms with Gasteiger partial charge in [0.2, 0.25) is 0 Å². The van der Waals surface area contributed by atoms with Crippen molar-refractivity contribution in [2.45, 2.75) is 0 Å². The molecule has 0 radical (unpaired) electrons. The summed E-state index contributed by atoms with van der Waals surface area (Å²) in [5.74, 6) is 0. The fraction of sp³-hybridized carbons (Fsp3) is 0. The van der Waals surface area contributed by atoms with Gasteiger partial charge in [-0.2, -0.15) is 0 Å². The topological polar surface area (TPSA) is 3.24 Å². The van der Waals surface area contributed by atoms with Crippen molar-refractivity contribution in [2.75, 3.05) is 4.90 Å². The molecule has 0 amide bonds. The molecule has 46 heavy (non-hydrogen) atoms. The van der Waals surface area contributed by atoms with Gasteiger partial charge in [-0.15, -0.1) is 0 Å². The predicted molar refractivity (Wildman–Crippen MR) is 200 cm³/mol. The van der Waals surface area contributed by atoms with E-state index in [-0.39, 0.29) is 0 Å². The molecule has 0 fully saturated rings. The van der Waals surface area contributed by atoms with E-state index in [9.17, 15) is 0 Å². The summed E-state index contributed by atoms with van der Waals surface area (Å²) in [7, 11) is 0. The molecule has 8 rings (SSSR count). The van der Waals surface area contributed by atoms with Crippen LogP contribution in [0.25, 0.3) is 21.5 Å². The van der Waals surface area contributed by atoms with Gasteiger partial charge in [-0.3, -0.25) is 0 Å². The minimum absolute atomic E-state index is 1.14. The Morgan fingerprint density at radius 1 is 0.283 bits per heavy atom. The van der Waals surface area contributed by atoms with E-state index in [2.05, 4.69) is 205 Å². The van der Waals surface area contributed by atoms with Crippen molar-refractivity contribution < 1.29 is 0 Å². The summed E-state index contributed by atoms with van der Waals surface area (Å²) in [6, 6.07) is 73.7. The van der Waals surface area contributed by atoms with Crippen molar-refractivity contribution in [2.24, 2.45) is 0 Å². The van der Waals surface area contributed by atoms with Gasteiger partial charge in [0.15, 0.2) is 0 Å². The summed E-state index contributed by atoms with van der Waals surface area (Å²) in [5, 5.41) is 4.92. The number of hydrogen-bond acceptors (Lipinski definition) is 1. The fourth-order valence-corrected chi connectivity index (χ4v) is 17.1. The van der Waals surface area contributed by atoms with Gasteiger partial charge in [-0.25, -0.2) is 0 Å². The van der Waals surface area contributed by atoms with Crippen molar-refractivity contribution in [3.8, 4) is 0 Å². The second-order valence-corrected chi connectivity index (χ2v) is 19.7. The third kappa shape index (κ3) is 4.81. The molecule has 1 nitrogen and oxygen atoms in total. The van der Waals surface area contributed by atoms with Gasteiger partial charge in [-0.05, 0) is 0 Å². The molecule has 8 aromatic rings. The van der Waals surface area contributed by atoms with Crippen LogP contribution in [-0.4, -0.2) is 13.3 Å². The van der Waals surface area contributed by atoms with E-state index in [0.29, 0.717) is 0 Å². The monoisotopic (exact) mass is 649 g/mol. The molecule has 0 aliphatic heterocycles. The number of anilines is 3. The van der Waals surface area contributed by atoms with Crippen molar-refractivity contribution in [1.82, 2.24) is 0 Å². The van der Waals surface area contributed by atoms with Gasteiger partial charge < -0.3 is 0 Å². The predicted octanol–water partition coefficient (Wildman–Crippen LogP) is 8.84. The summed E-state index contributed by atoms with van der Waals surface area (Å²) in [6.07, 6.45) is 0. The van der Waals surface area contributed by atoms with Crippen LogP contribution >= 0.6 is 0 Å². The van der Waals surface area contributed by atoms with E-state index in [1.165, 1.54) is 50.5 Å². The Bertz CT molecular complexity index is 2060. The van der Waals surface area contributed by atoms with E-state index in [0.717, 1.165) is 5.69 Å². The summed E-state index contributed by atoms with van der Waals surface area (Å²) in [5.41, 5.74) is 3.48. The molecule has 0 spiro atoms. The number of hydrogen-bond donors (Lipinski definition) is 0. The Labute approximate surface area is 273 Å². The zero-order valence-electron chi connectivity index (χ0n) is 25.5.